The third-order valence-corrected chi connectivity index (χ3v) is 6.14. The van der Waals surface area contributed by atoms with Gasteiger partial charge in [0.2, 0.25) is 0 Å². The molecule has 3 aromatic rings. The average Bonchev–Trinajstić information content (AvgIpc) is 3.11. The monoisotopic (exact) mass is 388 g/mol. The van der Waals surface area contributed by atoms with E-state index in [2.05, 4.69) is 14.8 Å². The molecule has 0 bridgehead atoms. The molecular weight excluding hydrogens is 379 g/mol. The lowest BCUT2D eigenvalue weighted by molar-refractivity contribution is 0.602. The van der Waals surface area contributed by atoms with Gasteiger partial charge in [-0.3, -0.25) is 0 Å². The van der Waals surface area contributed by atoms with Gasteiger partial charge in [0.05, 0.1) is 10.9 Å². The predicted molar refractivity (Wildman–Crippen MR) is 90.7 cm³/mol. The van der Waals surface area contributed by atoms with Crippen LogP contribution in [0.2, 0.25) is 9.36 Å². The highest BCUT2D eigenvalue weighted by molar-refractivity contribution is 7.94. The second kappa shape index (κ2) is 6.48. The number of sulfonamides is 1. The van der Waals surface area contributed by atoms with Gasteiger partial charge in [-0.2, -0.15) is 4.98 Å². The van der Waals surface area contributed by atoms with Crippen LogP contribution in [-0.4, -0.2) is 23.2 Å². The predicted octanol–water partition coefficient (Wildman–Crippen LogP) is 3.50. The Morgan fingerprint density at radius 3 is 2.52 bits per heavy atom. The van der Waals surface area contributed by atoms with E-state index < -0.39 is 10.0 Å². The molecule has 0 spiro atoms. The summed E-state index contributed by atoms with van der Waals surface area (Å²) in [7, 11) is -3.73. The van der Waals surface area contributed by atoms with Gasteiger partial charge in [0.15, 0.2) is 0 Å². The van der Waals surface area contributed by atoms with Crippen molar-refractivity contribution in [1.82, 2.24) is 14.8 Å². The van der Waals surface area contributed by atoms with Crippen molar-refractivity contribution in [3.05, 3.63) is 57.6 Å². The average molecular weight is 389 g/mol. The van der Waals surface area contributed by atoms with Gasteiger partial charge in [0, 0.05) is 5.02 Å². The maximum absolute atomic E-state index is 12.2. The Kier molecular flexibility index (Phi) is 4.58. The number of hydrogen-bond acceptors (Lipinski definition) is 5. The number of benzene rings is 1. The highest BCUT2D eigenvalue weighted by Crippen LogP contribution is 2.26. The summed E-state index contributed by atoms with van der Waals surface area (Å²) < 4.78 is 28.7. The smallest absolute Gasteiger partial charge is 0.246 e. The van der Waals surface area contributed by atoms with Crippen molar-refractivity contribution in [1.29, 1.82) is 0 Å². The van der Waals surface area contributed by atoms with Gasteiger partial charge in [-0.15, -0.1) is 16.4 Å². The molecule has 1 aromatic carbocycles. The third kappa shape index (κ3) is 4.03. The molecule has 0 radical (unpaired) electrons. The molecule has 120 valence electrons. The van der Waals surface area contributed by atoms with E-state index in [4.69, 9.17) is 23.2 Å². The molecule has 0 fully saturated rings. The van der Waals surface area contributed by atoms with Crippen LogP contribution in [0, 0.1) is 0 Å². The molecule has 3 rings (SSSR count). The van der Waals surface area contributed by atoms with Crippen molar-refractivity contribution in [2.45, 2.75) is 10.8 Å². The van der Waals surface area contributed by atoms with Gasteiger partial charge >= 0.3 is 0 Å². The first-order valence-corrected chi connectivity index (χ1v) is 9.40. The normalized spacial score (nSPS) is 11.6. The van der Waals surface area contributed by atoms with Gasteiger partial charge in [0.1, 0.15) is 10.5 Å². The summed E-state index contributed by atoms with van der Waals surface area (Å²) in [6.45, 7) is 0.455. The molecular formula is C13H10Cl2N4O2S2. The quantitative estimate of drug-likeness (QED) is 0.725. The Bertz CT molecular complexity index is 920. The largest absolute Gasteiger partial charge is 0.273 e. The lowest BCUT2D eigenvalue weighted by Gasteiger charge is -2.02. The van der Waals surface area contributed by atoms with E-state index in [0.717, 1.165) is 16.9 Å². The van der Waals surface area contributed by atoms with Crippen molar-refractivity contribution in [2.75, 3.05) is 4.72 Å². The summed E-state index contributed by atoms with van der Waals surface area (Å²) in [5, 5.41) is 4.75. The zero-order valence-electron chi connectivity index (χ0n) is 11.5. The summed E-state index contributed by atoms with van der Waals surface area (Å²) >= 11 is 12.6. The highest BCUT2D eigenvalue weighted by Gasteiger charge is 2.18. The van der Waals surface area contributed by atoms with Crippen LogP contribution in [-0.2, 0) is 16.6 Å². The number of halogens is 2. The lowest BCUT2D eigenvalue weighted by atomic mass is 10.2. The fraction of sp³-hybridized carbons (Fsp3) is 0.0769. The minimum Gasteiger partial charge on any atom is -0.246 e. The van der Waals surface area contributed by atoms with E-state index in [-0.39, 0.29) is 10.2 Å². The van der Waals surface area contributed by atoms with E-state index in [1.165, 1.54) is 23.1 Å². The zero-order chi connectivity index (χ0) is 16.4. The molecule has 0 amide bonds. The second-order valence-electron chi connectivity index (χ2n) is 4.56. The van der Waals surface area contributed by atoms with E-state index in [1.54, 1.807) is 12.1 Å². The number of anilines is 1. The van der Waals surface area contributed by atoms with E-state index in [1.807, 2.05) is 12.1 Å². The number of nitrogens with zero attached hydrogens (tertiary/aromatic N) is 3. The number of rotatable bonds is 5. The molecule has 0 aliphatic carbocycles. The molecule has 0 aliphatic heterocycles. The molecule has 2 heterocycles. The molecule has 10 heteroatoms. The van der Waals surface area contributed by atoms with Crippen molar-refractivity contribution in [2.24, 2.45) is 0 Å². The Hall–Kier alpha value is -1.61. The summed E-state index contributed by atoms with van der Waals surface area (Å²) in [5.41, 5.74) is 0.971. The molecule has 0 unspecified atom stereocenters. The van der Waals surface area contributed by atoms with Gasteiger partial charge < -0.3 is 0 Å². The van der Waals surface area contributed by atoms with E-state index >= 15 is 0 Å². The zero-order valence-corrected chi connectivity index (χ0v) is 14.6. The Morgan fingerprint density at radius 1 is 1.13 bits per heavy atom. The summed E-state index contributed by atoms with van der Waals surface area (Å²) in [4.78, 5) is 3.95. The molecule has 0 atom stereocenters. The Balaban J connectivity index is 1.73. The highest BCUT2D eigenvalue weighted by atomic mass is 35.5. The first kappa shape index (κ1) is 16.3. The van der Waals surface area contributed by atoms with Crippen LogP contribution >= 0.6 is 34.5 Å². The van der Waals surface area contributed by atoms with E-state index in [9.17, 15) is 8.42 Å². The van der Waals surface area contributed by atoms with Gasteiger partial charge in [-0.1, -0.05) is 35.3 Å². The fourth-order valence-corrected chi connectivity index (χ4v) is 4.36. The third-order valence-electron chi connectivity index (χ3n) is 2.83. The van der Waals surface area contributed by atoms with Crippen LogP contribution in [0.3, 0.4) is 0 Å². The Morgan fingerprint density at radius 2 is 1.87 bits per heavy atom. The van der Waals surface area contributed by atoms with Crippen LogP contribution in [0.1, 0.15) is 5.56 Å². The number of aromatic nitrogens is 3. The number of thiophene rings is 1. The molecule has 0 aliphatic rings. The lowest BCUT2D eigenvalue weighted by Crippen LogP contribution is -2.13. The molecule has 23 heavy (non-hydrogen) atoms. The second-order valence-corrected chi connectivity index (χ2v) is 8.62. The van der Waals surface area contributed by atoms with Crippen LogP contribution in [0.15, 0.2) is 46.9 Å². The molecule has 1 N–H and O–H groups in total. The van der Waals surface area contributed by atoms with Crippen LogP contribution in [0.5, 0.6) is 0 Å². The standard InChI is InChI=1S/C13H10Cl2N4O2S2/c14-10-3-1-9(2-4-10)7-19-8-16-13(17-19)18-23(20,21)12-6-5-11(15)22-12/h1-6,8H,7H2,(H,17,18). The minimum absolute atomic E-state index is 0.00323. The summed E-state index contributed by atoms with van der Waals surface area (Å²) in [6, 6.07) is 10.2. The Labute approximate surface area is 146 Å². The maximum atomic E-state index is 12.2. The maximum Gasteiger partial charge on any atom is 0.273 e. The molecule has 6 nitrogen and oxygen atoms in total. The van der Waals surface area contributed by atoms with Crippen LogP contribution < -0.4 is 4.72 Å². The van der Waals surface area contributed by atoms with Crippen molar-refractivity contribution >= 4 is 50.5 Å². The number of hydrogen-bond donors (Lipinski definition) is 1. The SMILES string of the molecule is O=S(=O)(Nc1ncn(Cc2ccc(Cl)cc2)n1)c1ccc(Cl)s1. The van der Waals surface area contributed by atoms with Crippen LogP contribution in [0.4, 0.5) is 5.95 Å². The van der Waals surface area contributed by atoms with Crippen molar-refractivity contribution in [3.8, 4) is 0 Å². The molecule has 0 saturated heterocycles. The first-order valence-electron chi connectivity index (χ1n) is 6.34. The summed E-state index contributed by atoms with van der Waals surface area (Å²) in [6.07, 6.45) is 1.45. The topological polar surface area (TPSA) is 76.9 Å². The van der Waals surface area contributed by atoms with Gasteiger partial charge in [0.25, 0.3) is 16.0 Å². The first-order chi connectivity index (χ1) is 10.9. The van der Waals surface area contributed by atoms with Crippen molar-refractivity contribution in [3.63, 3.8) is 0 Å². The van der Waals surface area contributed by atoms with Crippen LogP contribution in [0.25, 0.3) is 0 Å². The number of nitrogens with one attached hydrogen (secondary N) is 1. The minimum atomic E-state index is -3.73. The molecule has 2 aromatic heterocycles. The van der Waals surface area contributed by atoms with Gasteiger partial charge in [-0.05, 0) is 29.8 Å². The van der Waals surface area contributed by atoms with Crippen molar-refractivity contribution < 1.29 is 8.42 Å². The van der Waals surface area contributed by atoms with Gasteiger partial charge in [-0.25, -0.2) is 17.8 Å². The summed E-state index contributed by atoms with van der Waals surface area (Å²) in [5.74, 6) is 0.00323. The molecule has 0 saturated carbocycles. The van der Waals surface area contributed by atoms with E-state index in [0.29, 0.717) is 15.9 Å². The fourth-order valence-electron chi connectivity index (χ4n) is 1.81.